The van der Waals surface area contributed by atoms with Gasteiger partial charge in [0.15, 0.2) is 0 Å². The van der Waals surface area contributed by atoms with Crippen LogP contribution < -0.4 is 0 Å². The molecule has 1 unspecified atom stereocenters. The third-order valence-electron chi connectivity index (χ3n) is 4.64. The van der Waals surface area contributed by atoms with E-state index in [1.807, 2.05) is 0 Å². The molecule has 1 atom stereocenters. The highest BCUT2D eigenvalue weighted by atomic mass is 16.3. The summed E-state index contributed by atoms with van der Waals surface area (Å²) < 4.78 is 0. The van der Waals surface area contributed by atoms with Gasteiger partial charge in [-0.3, -0.25) is 0 Å². The van der Waals surface area contributed by atoms with Crippen LogP contribution in [0, 0.1) is 11.8 Å². The second kappa shape index (κ2) is 6.88. The van der Waals surface area contributed by atoms with E-state index in [1.54, 1.807) is 0 Å². The molecule has 0 aromatic rings. The average Bonchev–Trinajstić information content (AvgIpc) is 2.84. The molecule has 18 heavy (non-hydrogen) atoms. The fourth-order valence-electron chi connectivity index (χ4n) is 3.16. The second-order valence-corrected chi connectivity index (χ2v) is 6.56. The lowest BCUT2D eigenvalue weighted by atomic mass is 9.95. The zero-order valence-corrected chi connectivity index (χ0v) is 12.1. The van der Waals surface area contributed by atoms with Gasteiger partial charge in [-0.15, -0.1) is 0 Å². The van der Waals surface area contributed by atoms with Crippen molar-refractivity contribution >= 4 is 0 Å². The Hall–Kier alpha value is -0.120. The molecular weight excluding hydrogens is 224 g/mol. The molecule has 3 nitrogen and oxygen atoms in total. The Morgan fingerprint density at radius 1 is 1.00 bits per heavy atom. The number of hydrogen-bond acceptors (Lipinski definition) is 3. The third kappa shape index (κ3) is 4.22. The lowest BCUT2D eigenvalue weighted by Gasteiger charge is -2.35. The molecule has 2 heterocycles. The first-order valence-electron chi connectivity index (χ1n) is 7.78. The van der Waals surface area contributed by atoms with Crippen LogP contribution in [0.15, 0.2) is 0 Å². The van der Waals surface area contributed by atoms with E-state index in [1.165, 1.54) is 58.4 Å². The quantitative estimate of drug-likeness (QED) is 0.810. The van der Waals surface area contributed by atoms with Crippen LogP contribution in [-0.4, -0.2) is 60.3 Å². The molecule has 2 rings (SSSR count). The van der Waals surface area contributed by atoms with Crippen molar-refractivity contribution in [2.75, 3.05) is 39.3 Å². The molecule has 0 bridgehead atoms. The van der Waals surface area contributed by atoms with E-state index in [0.29, 0.717) is 5.92 Å². The molecule has 0 aromatic heterocycles. The third-order valence-corrected chi connectivity index (χ3v) is 4.64. The largest absolute Gasteiger partial charge is 0.392 e. The molecule has 0 spiro atoms. The van der Waals surface area contributed by atoms with E-state index in [4.69, 9.17) is 0 Å². The van der Waals surface area contributed by atoms with Gasteiger partial charge in [0.2, 0.25) is 0 Å². The highest BCUT2D eigenvalue weighted by Crippen LogP contribution is 2.21. The number of aliphatic hydroxyl groups excluding tert-OH is 1. The standard InChI is InChI=1S/C15H30N2O/c1-13(2)15(18)12-17-9-5-14(6-10-17)11-16-7-3-4-8-16/h13-15,18H,3-12H2,1-2H3. The van der Waals surface area contributed by atoms with Gasteiger partial charge in [-0.1, -0.05) is 13.8 Å². The molecule has 0 amide bonds. The first-order valence-corrected chi connectivity index (χ1v) is 7.78. The monoisotopic (exact) mass is 254 g/mol. The molecule has 106 valence electrons. The van der Waals surface area contributed by atoms with Gasteiger partial charge >= 0.3 is 0 Å². The topological polar surface area (TPSA) is 26.7 Å². The van der Waals surface area contributed by atoms with Gasteiger partial charge in [-0.25, -0.2) is 0 Å². The Morgan fingerprint density at radius 3 is 2.17 bits per heavy atom. The van der Waals surface area contributed by atoms with Crippen molar-refractivity contribution in [3.8, 4) is 0 Å². The van der Waals surface area contributed by atoms with Gasteiger partial charge in [0, 0.05) is 13.1 Å². The van der Waals surface area contributed by atoms with Crippen LogP contribution in [0.4, 0.5) is 0 Å². The Kier molecular flexibility index (Phi) is 5.46. The molecule has 0 aromatic carbocycles. The SMILES string of the molecule is CC(C)C(O)CN1CCC(CN2CCCC2)CC1. The lowest BCUT2D eigenvalue weighted by molar-refractivity contribution is 0.0568. The van der Waals surface area contributed by atoms with Crippen LogP contribution in [0.25, 0.3) is 0 Å². The summed E-state index contributed by atoms with van der Waals surface area (Å²) in [6, 6.07) is 0. The minimum Gasteiger partial charge on any atom is -0.392 e. The molecule has 0 aliphatic carbocycles. The van der Waals surface area contributed by atoms with Crippen molar-refractivity contribution in [2.45, 2.75) is 45.6 Å². The predicted molar refractivity (Wildman–Crippen MR) is 75.7 cm³/mol. The first-order chi connectivity index (χ1) is 8.65. The number of nitrogens with zero attached hydrogens (tertiary/aromatic N) is 2. The van der Waals surface area contributed by atoms with Crippen molar-refractivity contribution in [2.24, 2.45) is 11.8 Å². The van der Waals surface area contributed by atoms with Crippen molar-refractivity contribution in [3.63, 3.8) is 0 Å². The summed E-state index contributed by atoms with van der Waals surface area (Å²) in [5.74, 6) is 1.28. The van der Waals surface area contributed by atoms with Crippen LogP contribution in [0.5, 0.6) is 0 Å². The molecule has 2 aliphatic heterocycles. The highest BCUT2D eigenvalue weighted by Gasteiger charge is 2.24. The molecule has 1 N–H and O–H groups in total. The van der Waals surface area contributed by atoms with Crippen molar-refractivity contribution in [1.29, 1.82) is 0 Å². The molecule has 3 heteroatoms. The van der Waals surface area contributed by atoms with Gasteiger partial charge in [-0.2, -0.15) is 0 Å². The van der Waals surface area contributed by atoms with Gasteiger partial charge in [0.1, 0.15) is 0 Å². The first kappa shape index (κ1) is 14.3. The normalized spacial score (nSPS) is 26.0. The summed E-state index contributed by atoms with van der Waals surface area (Å²) in [6.07, 6.45) is 5.29. The minimum atomic E-state index is -0.153. The van der Waals surface area contributed by atoms with Crippen LogP contribution in [0.2, 0.25) is 0 Å². The number of β-amino-alcohol motifs (C(OH)–C–C–N with tert-alkyl or cyclic N) is 1. The van der Waals surface area contributed by atoms with Gasteiger partial charge in [-0.05, 0) is 63.7 Å². The maximum atomic E-state index is 9.92. The maximum Gasteiger partial charge on any atom is 0.0689 e. The lowest BCUT2D eigenvalue weighted by Crippen LogP contribution is -2.42. The predicted octanol–water partition coefficient (Wildman–Crippen LogP) is 1.81. The van der Waals surface area contributed by atoms with Crippen LogP contribution in [-0.2, 0) is 0 Å². The summed E-state index contributed by atoms with van der Waals surface area (Å²) >= 11 is 0. The van der Waals surface area contributed by atoms with E-state index >= 15 is 0 Å². The number of rotatable bonds is 5. The van der Waals surface area contributed by atoms with E-state index in [2.05, 4.69) is 23.6 Å². The van der Waals surface area contributed by atoms with Crippen molar-refractivity contribution < 1.29 is 5.11 Å². The summed E-state index contributed by atoms with van der Waals surface area (Å²) in [5.41, 5.74) is 0. The zero-order chi connectivity index (χ0) is 13.0. The Labute approximate surface area is 112 Å². The Bertz CT molecular complexity index is 219. The van der Waals surface area contributed by atoms with Crippen molar-refractivity contribution in [1.82, 2.24) is 9.80 Å². The highest BCUT2D eigenvalue weighted by molar-refractivity contribution is 4.78. The van der Waals surface area contributed by atoms with Gasteiger partial charge < -0.3 is 14.9 Å². The fraction of sp³-hybridized carbons (Fsp3) is 1.00. The van der Waals surface area contributed by atoms with Gasteiger partial charge in [0.05, 0.1) is 6.10 Å². The Morgan fingerprint density at radius 2 is 1.61 bits per heavy atom. The van der Waals surface area contributed by atoms with E-state index in [-0.39, 0.29) is 6.10 Å². The van der Waals surface area contributed by atoms with Crippen LogP contribution in [0.1, 0.15) is 39.5 Å². The van der Waals surface area contributed by atoms with E-state index < -0.39 is 0 Å². The second-order valence-electron chi connectivity index (χ2n) is 6.56. The molecule has 0 saturated carbocycles. The van der Waals surface area contributed by atoms with Crippen LogP contribution in [0.3, 0.4) is 0 Å². The number of hydrogen-bond donors (Lipinski definition) is 1. The maximum absolute atomic E-state index is 9.92. The molecule has 2 fully saturated rings. The minimum absolute atomic E-state index is 0.153. The fourth-order valence-corrected chi connectivity index (χ4v) is 3.16. The van der Waals surface area contributed by atoms with Gasteiger partial charge in [0.25, 0.3) is 0 Å². The zero-order valence-electron chi connectivity index (χ0n) is 12.1. The van der Waals surface area contributed by atoms with E-state index in [0.717, 1.165) is 12.5 Å². The van der Waals surface area contributed by atoms with Crippen molar-refractivity contribution in [3.05, 3.63) is 0 Å². The number of aliphatic hydroxyl groups is 1. The summed E-state index contributed by atoms with van der Waals surface area (Å²) in [6.45, 7) is 11.4. The molecule has 2 saturated heterocycles. The number of piperidine rings is 1. The molecule has 0 radical (unpaired) electrons. The summed E-state index contributed by atoms with van der Waals surface area (Å²) in [4.78, 5) is 5.09. The molecule has 2 aliphatic rings. The smallest absolute Gasteiger partial charge is 0.0689 e. The summed E-state index contributed by atoms with van der Waals surface area (Å²) in [5, 5.41) is 9.92. The Balaban J connectivity index is 1.64. The molecular formula is C15H30N2O. The average molecular weight is 254 g/mol. The van der Waals surface area contributed by atoms with E-state index in [9.17, 15) is 5.11 Å². The number of likely N-dealkylation sites (tertiary alicyclic amines) is 2. The summed E-state index contributed by atoms with van der Waals surface area (Å²) in [7, 11) is 0. The van der Waals surface area contributed by atoms with Crippen LogP contribution >= 0.6 is 0 Å².